The maximum Gasteiger partial charge on any atom is 0.416 e. The number of rotatable bonds is 2. The van der Waals surface area contributed by atoms with E-state index in [2.05, 4.69) is 0 Å². The lowest BCUT2D eigenvalue weighted by atomic mass is 9.93. The van der Waals surface area contributed by atoms with Crippen LogP contribution in [0.25, 0.3) is 55.7 Å². The highest BCUT2D eigenvalue weighted by Gasteiger charge is 2.40. The fourth-order valence-corrected chi connectivity index (χ4v) is 7.91. The normalized spacial score (nSPS) is 12.5. The summed E-state index contributed by atoms with van der Waals surface area (Å²) in [5, 5.41) is 39.8. The second-order valence-electron chi connectivity index (χ2n) is 11.4. The van der Waals surface area contributed by atoms with E-state index in [9.17, 15) is 56.2 Å². The van der Waals surface area contributed by atoms with Gasteiger partial charge in [-0.2, -0.15) is 47.4 Å². The van der Waals surface area contributed by atoms with Crippen molar-refractivity contribution in [2.24, 2.45) is 0 Å². The van der Waals surface area contributed by atoms with Crippen molar-refractivity contribution in [2.45, 2.75) is 12.4 Å². The van der Waals surface area contributed by atoms with E-state index in [-0.39, 0.29) is 44.5 Å². The molecule has 0 radical (unpaired) electrons. The molecule has 2 aliphatic carbocycles. The quantitative estimate of drug-likeness (QED) is 0.132. The molecule has 0 fully saturated rings. The Labute approximate surface area is 286 Å². The van der Waals surface area contributed by atoms with Crippen molar-refractivity contribution in [3.8, 4) is 68.8 Å². The smallest absolute Gasteiger partial charge is 0.207 e. The minimum atomic E-state index is -4.84. The Bertz CT molecular complexity index is 2420. The molecule has 0 bridgehead atoms. The van der Waals surface area contributed by atoms with E-state index in [4.69, 9.17) is 0 Å². The maximum absolute atomic E-state index is 14.4. The highest BCUT2D eigenvalue weighted by atomic mass is 32.1. The molecule has 0 aliphatic heterocycles. The second-order valence-corrected chi connectivity index (χ2v) is 12.5. The topological polar surface area (TPSA) is 95.2 Å². The van der Waals surface area contributed by atoms with Crippen LogP contribution in [-0.2, 0) is 12.4 Å². The first-order valence-electron chi connectivity index (χ1n) is 14.5. The summed E-state index contributed by atoms with van der Waals surface area (Å²) in [5.74, 6) is -2.26. The van der Waals surface area contributed by atoms with E-state index in [0.29, 0.717) is 55.3 Å². The zero-order chi connectivity index (χ0) is 36.6. The van der Waals surface area contributed by atoms with Crippen LogP contribution in [0.3, 0.4) is 0 Å². The van der Waals surface area contributed by atoms with Gasteiger partial charge in [-0.3, -0.25) is 0 Å². The molecule has 7 rings (SSSR count). The van der Waals surface area contributed by atoms with Gasteiger partial charge in [-0.05, 0) is 93.0 Å². The number of halogens is 8. The lowest BCUT2D eigenvalue weighted by Crippen LogP contribution is -2.05. The number of nitrogens with zero attached hydrogens (tertiary/aromatic N) is 4. The summed E-state index contributed by atoms with van der Waals surface area (Å²) in [6, 6.07) is 20.4. The molecule has 1 aromatic heterocycles. The number of hydrogen-bond acceptors (Lipinski definition) is 5. The van der Waals surface area contributed by atoms with Gasteiger partial charge in [-0.15, -0.1) is 11.3 Å². The van der Waals surface area contributed by atoms with Crippen LogP contribution in [0.15, 0.2) is 83.9 Å². The van der Waals surface area contributed by atoms with Crippen LogP contribution in [0.4, 0.5) is 35.1 Å². The zero-order valence-electron chi connectivity index (χ0n) is 25.1. The average molecular weight is 709 g/mol. The Morgan fingerprint density at radius 3 is 1.18 bits per heavy atom. The number of hydrogen-bond donors (Lipinski definition) is 0. The summed E-state index contributed by atoms with van der Waals surface area (Å²) in [6.45, 7) is 0. The van der Waals surface area contributed by atoms with Gasteiger partial charge in [0.25, 0.3) is 0 Å². The van der Waals surface area contributed by atoms with E-state index in [1.807, 2.05) is 24.3 Å². The zero-order valence-corrected chi connectivity index (χ0v) is 26.0. The monoisotopic (exact) mass is 708 g/mol. The third-order valence-corrected chi connectivity index (χ3v) is 9.77. The molecule has 4 nitrogen and oxygen atoms in total. The van der Waals surface area contributed by atoms with Gasteiger partial charge in [-0.25, -0.2) is 8.78 Å². The van der Waals surface area contributed by atoms with Gasteiger partial charge >= 0.3 is 12.4 Å². The predicted molar refractivity (Wildman–Crippen MR) is 170 cm³/mol. The molecule has 0 amide bonds. The lowest BCUT2D eigenvalue weighted by molar-refractivity contribution is -0.138. The van der Waals surface area contributed by atoms with E-state index in [1.54, 1.807) is 12.1 Å². The Morgan fingerprint density at radius 1 is 0.471 bits per heavy atom. The van der Waals surface area contributed by atoms with Crippen molar-refractivity contribution in [3.05, 3.63) is 128 Å². The molecule has 5 aromatic rings. The van der Waals surface area contributed by atoms with Crippen LogP contribution in [0.5, 0.6) is 0 Å². The Balaban J connectivity index is 1.48. The SMILES string of the molecule is N#CC(C#N)=C1c2cc(-c3cc(F)cc(C(F)(F)F)c3)ccc2-c2c1sc1c2-c2ccc(-c3cc(F)cc(C(F)(F)F)c3)cc2C1=C(C#N)C#N. The van der Waals surface area contributed by atoms with Gasteiger partial charge in [0.05, 0.1) is 11.1 Å². The number of thiophene rings is 1. The molecule has 0 unspecified atom stereocenters. The van der Waals surface area contributed by atoms with Crippen LogP contribution in [0.1, 0.15) is 32.0 Å². The Kier molecular flexibility index (Phi) is 7.45. The summed E-state index contributed by atoms with van der Waals surface area (Å²) >= 11 is 1.04. The van der Waals surface area contributed by atoms with Gasteiger partial charge in [0, 0.05) is 32.0 Å². The summed E-state index contributed by atoms with van der Waals surface area (Å²) in [6.07, 6.45) is -9.67. The molecule has 1 heterocycles. The number of allylic oxidation sites excluding steroid dienone is 2. The van der Waals surface area contributed by atoms with Crippen molar-refractivity contribution < 1.29 is 35.1 Å². The molecule has 2 aliphatic rings. The minimum absolute atomic E-state index is 0.109. The molecule has 0 atom stereocenters. The molecule has 4 aromatic carbocycles. The lowest BCUT2D eigenvalue weighted by Gasteiger charge is -2.12. The van der Waals surface area contributed by atoms with Crippen LogP contribution >= 0.6 is 11.3 Å². The minimum Gasteiger partial charge on any atom is -0.207 e. The Morgan fingerprint density at radius 2 is 0.843 bits per heavy atom. The van der Waals surface area contributed by atoms with Crippen molar-refractivity contribution in [2.75, 3.05) is 0 Å². The maximum atomic E-state index is 14.4. The first kappa shape index (κ1) is 33.0. The van der Waals surface area contributed by atoms with Gasteiger partial charge in [0.2, 0.25) is 0 Å². The third-order valence-electron chi connectivity index (χ3n) is 8.54. The summed E-state index contributed by atoms with van der Waals surface area (Å²) in [4.78, 5) is 0.783. The first-order valence-corrected chi connectivity index (χ1v) is 15.3. The average Bonchev–Trinajstić information content (AvgIpc) is 3.70. The first-order chi connectivity index (χ1) is 24.2. The largest absolute Gasteiger partial charge is 0.416 e. The fourth-order valence-electron chi connectivity index (χ4n) is 6.45. The summed E-state index contributed by atoms with van der Waals surface area (Å²) in [5.41, 5.74) is -0.263. The molecule has 246 valence electrons. The predicted octanol–water partition coefficient (Wildman–Crippen LogP) is 11.1. The molecule has 0 N–H and O–H groups in total. The Hall–Kier alpha value is -6.54. The van der Waals surface area contributed by atoms with Crippen LogP contribution in [0.2, 0.25) is 0 Å². The van der Waals surface area contributed by atoms with E-state index in [0.717, 1.165) is 35.6 Å². The molecular formula is C38H12F8N4S. The molecule has 0 spiro atoms. The molecular weight excluding hydrogens is 696 g/mol. The number of nitriles is 4. The number of alkyl halides is 6. The highest BCUT2D eigenvalue weighted by Crippen LogP contribution is 2.62. The van der Waals surface area contributed by atoms with Crippen LogP contribution in [0, 0.1) is 57.0 Å². The van der Waals surface area contributed by atoms with E-state index in [1.165, 1.54) is 24.3 Å². The number of benzene rings is 4. The van der Waals surface area contributed by atoms with Gasteiger partial charge in [-0.1, -0.05) is 24.3 Å². The number of fused-ring (bicyclic) bond motifs is 7. The highest BCUT2D eigenvalue weighted by molar-refractivity contribution is 7.16. The molecule has 0 saturated carbocycles. The van der Waals surface area contributed by atoms with Crippen molar-refractivity contribution in [3.63, 3.8) is 0 Å². The van der Waals surface area contributed by atoms with Crippen LogP contribution < -0.4 is 0 Å². The van der Waals surface area contributed by atoms with Crippen molar-refractivity contribution in [1.29, 1.82) is 21.0 Å². The van der Waals surface area contributed by atoms with Crippen LogP contribution in [-0.4, -0.2) is 0 Å². The third kappa shape index (κ3) is 5.23. The molecule has 13 heteroatoms. The van der Waals surface area contributed by atoms with Gasteiger partial charge in [0.1, 0.15) is 47.1 Å². The fraction of sp³-hybridized carbons (Fsp3) is 0.0526. The molecule has 51 heavy (non-hydrogen) atoms. The standard InChI is InChI=1S/C38H12F8N4S/c39-25-7-19(5-23(11-25)37(41,42)43)17-1-3-27-29(9-17)31(21(13-47)14-48)35-33(27)34-28-4-2-18(20-6-24(38(44,45)46)12-26(40)8-20)10-30(28)32(36(34)51-35)22(15-49)16-50/h1-12H. The summed E-state index contributed by atoms with van der Waals surface area (Å²) < 4.78 is 110. The van der Waals surface area contributed by atoms with Crippen molar-refractivity contribution >= 4 is 22.5 Å². The van der Waals surface area contributed by atoms with E-state index >= 15 is 0 Å². The van der Waals surface area contributed by atoms with Crippen molar-refractivity contribution in [1.82, 2.24) is 0 Å². The second kappa shape index (κ2) is 11.5. The van der Waals surface area contributed by atoms with Gasteiger partial charge in [0.15, 0.2) is 0 Å². The molecule has 0 saturated heterocycles. The van der Waals surface area contributed by atoms with Gasteiger partial charge < -0.3 is 0 Å². The summed E-state index contributed by atoms with van der Waals surface area (Å²) in [7, 11) is 0. The van der Waals surface area contributed by atoms with E-state index < -0.39 is 35.1 Å².